The lowest BCUT2D eigenvalue weighted by atomic mass is 10.0. The van der Waals surface area contributed by atoms with E-state index in [1.54, 1.807) is 0 Å². The fraction of sp³-hybridized carbons (Fsp3) is 0.364. The van der Waals surface area contributed by atoms with E-state index in [4.69, 9.17) is 11.6 Å². The van der Waals surface area contributed by atoms with E-state index < -0.39 is 11.0 Å². The van der Waals surface area contributed by atoms with Crippen LogP contribution >= 0.6 is 11.6 Å². The maximum absolute atomic E-state index is 10.8. The maximum Gasteiger partial charge on any atom is 0.275 e. The van der Waals surface area contributed by atoms with Crippen LogP contribution in [-0.4, -0.2) is 22.5 Å². The number of amides is 1. The van der Waals surface area contributed by atoms with E-state index >= 15 is 0 Å². The van der Waals surface area contributed by atoms with E-state index in [0.29, 0.717) is 5.02 Å². The van der Waals surface area contributed by atoms with Crippen molar-refractivity contribution in [1.29, 1.82) is 0 Å². The zero-order valence-electron chi connectivity index (χ0n) is 9.72. The predicted molar refractivity (Wildman–Crippen MR) is 66.4 cm³/mol. The molecule has 1 atom stereocenters. The minimum atomic E-state index is -1.05. The molecule has 1 amide bonds. The van der Waals surface area contributed by atoms with Crippen molar-refractivity contribution in [2.24, 2.45) is 0 Å². The highest BCUT2D eigenvalue weighted by Crippen LogP contribution is 2.29. The van der Waals surface area contributed by atoms with Crippen LogP contribution in [0.4, 0.5) is 5.69 Å². The number of nitrogens with one attached hydrogen (secondary N) is 1. The molecule has 1 aromatic rings. The molecule has 0 aliphatic carbocycles. The summed E-state index contributed by atoms with van der Waals surface area (Å²) in [5, 5.41) is 23.5. The number of nitrogens with zero attached hydrogens (tertiary/aromatic N) is 1. The van der Waals surface area contributed by atoms with Gasteiger partial charge in [-0.3, -0.25) is 14.9 Å². The molecule has 1 unspecified atom stereocenters. The zero-order valence-corrected chi connectivity index (χ0v) is 10.5. The number of benzene rings is 1. The van der Waals surface area contributed by atoms with E-state index in [1.165, 1.54) is 25.1 Å². The first-order chi connectivity index (χ1) is 8.41. The van der Waals surface area contributed by atoms with Gasteiger partial charge in [-0.05, 0) is 18.6 Å². The molecule has 0 bridgehead atoms. The molecule has 0 saturated carbocycles. The van der Waals surface area contributed by atoms with Crippen molar-refractivity contribution in [1.82, 2.24) is 5.32 Å². The van der Waals surface area contributed by atoms with Crippen LogP contribution in [0, 0.1) is 10.1 Å². The molecule has 0 aliphatic heterocycles. The minimum absolute atomic E-state index is 0.151. The number of carbonyl (C=O) groups excluding carboxylic acids is 1. The molecule has 6 nitrogen and oxygen atoms in total. The molecule has 18 heavy (non-hydrogen) atoms. The van der Waals surface area contributed by atoms with Gasteiger partial charge < -0.3 is 10.4 Å². The Balaban J connectivity index is 2.83. The molecule has 0 radical (unpaired) electrons. The second kappa shape index (κ2) is 6.32. The average molecular weight is 273 g/mol. The van der Waals surface area contributed by atoms with Crippen molar-refractivity contribution in [2.45, 2.75) is 19.4 Å². The fourth-order valence-electron chi connectivity index (χ4n) is 1.50. The van der Waals surface area contributed by atoms with E-state index in [1.807, 2.05) is 0 Å². The summed E-state index contributed by atoms with van der Waals surface area (Å²) in [5.74, 6) is -0.220. The van der Waals surface area contributed by atoms with Gasteiger partial charge in [-0.15, -0.1) is 0 Å². The van der Waals surface area contributed by atoms with Crippen LogP contribution in [0.15, 0.2) is 18.2 Å². The van der Waals surface area contributed by atoms with Crippen LogP contribution in [0.5, 0.6) is 0 Å². The summed E-state index contributed by atoms with van der Waals surface area (Å²) < 4.78 is 0. The van der Waals surface area contributed by atoms with Gasteiger partial charge in [0.15, 0.2) is 0 Å². The molecule has 0 saturated heterocycles. The van der Waals surface area contributed by atoms with Gasteiger partial charge in [-0.25, -0.2) is 0 Å². The Bertz CT molecular complexity index is 464. The number of nitro groups is 1. The first-order valence-corrected chi connectivity index (χ1v) is 5.66. The van der Waals surface area contributed by atoms with Gasteiger partial charge in [0, 0.05) is 24.6 Å². The van der Waals surface area contributed by atoms with Gasteiger partial charge in [0.05, 0.1) is 16.6 Å². The predicted octanol–water partition coefficient (Wildman–Crippen LogP) is 1.81. The van der Waals surface area contributed by atoms with Crippen molar-refractivity contribution < 1.29 is 14.8 Å². The van der Waals surface area contributed by atoms with Gasteiger partial charge in [-0.2, -0.15) is 0 Å². The Hall–Kier alpha value is -1.66. The molecular formula is C11H13ClN2O4. The first kappa shape index (κ1) is 14.4. The van der Waals surface area contributed by atoms with Gasteiger partial charge in [0.2, 0.25) is 5.91 Å². The number of carbonyl (C=O) groups is 1. The lowest BCUT2D eigenvalue weighted by Gasteiger charge is -2.11. The lowest BCUT2D eigenvalue weighted by Crippen LogP contribution is -2.22. The fourth-order valence-corrected chi connectivity index (χ4v) is 1.68. The lowest BCUT2D eigenvalue weighted by molar-refractivity contribution is -0.386. The van der Waals surface area contributed by atoms with E-state index in [-0.39, 0.29) is 30.1 Å². The SMILES string of the molecule is CC(=O)NCCC(O)c1cc(Cl)ccc1[N+](=O)[O-]. The highest BCUT2D eigenvalue weighted by atomic mass is 35.5. The van der Waals surface area contributed by atoms with Crippen molar-refractivity contribution in [2.75, 3.05) is 6.54 Å². The average Bonchev–Trinajstić information content (AvgIpc) is 2.27. The molecule has 7 heteroatoms. The third-order valence-electron chi connectivity index (χ3n) is 2.34. The third-order valence-corrected chi connectivity index (χ3v) is 2.57. The van der Waals surface area contributed by atoms with Gasteiger partial charge in [0.25, 0.3) is 5.69 Å². The molecule has 1 rings (SSSR count). The summed E-state index contributed by atoms with van der Waals surface area (Å²) in [6, 6.07) is 4.00. The quantitative estimate of drug-likeness (QED) is 0.631. The number of aliphatic hydroxyl groups is 1. The van der Waals surface area contributed by atoms with Crippen LogP contribution in [0.2, 0.25) is 5.02 Å². The van der Waals surface area contributed by atoms with Crippen LogP contribution < -0.4 is 5.32 Å². The second-order valence-corrected chi connectivity index (χ2v) is 4.18. The molecule has 0 aromatic heterocycles. The second-order valence-electron chi connectivity index (χ2n) is 3.75. The number of nitro benzene ring substituents is 1. The maximum atomic E-state index is 10.8. The van der Waals surface area contributed by atoms with E-state index in [0.717, 1.165) is 0 Å². The third kappa shape index (κ3) is 3.97. The molecule has 0 fully saturated rings. The summed E-state index contributed by atoms with van der Waals surface area (Å²) in [4.78, 5) is 20.9. The standard InChI is InChI=1S/C11H13ClN2O4/c1-7(15)13-5-4-11(16)9-6-8(12)2-3-10(9)14(17)18/h2-3,6,11,16H,4-5H2,1H3,(H,13,15). The van der Waals surface area contributed by atoms with Crippen LogP contribution in [-0.2, 0) is 4.79 Å². The van der Waals surface area contributed by atoms with Crippen molar-refractivity contribution in [3.8, 4) is 0 Å². The van der Waals surface area contributed by atoms with Crippen LogP contribution in [0.25, 0.3) is 0 Å². The number of rotatable bonds is 5. The first-order valence-electron chi connectivity index (χ1n) is 5.28. The Morgan fingerprint density at radius 3 is 2.83 bits per heavy atom. The Labute approximate surface area is 109 Å². The van der Waals surface area contributed by atoms with Crippen molar-refractivity contribution in [3.05, 3.63) is 38.9 Å². The highest BCUT2D eigenvalue weighted by molar-refractivity contribution is 6.30. The Morgan fingerprint density at radius 2 is 2.28 bits per heavy atom. The molecule has 98 valence electrons. The highest BCUT2D eigenvalue weighted by Gasteiger charge is 2.20. The smallest absolute Gasteiger partial charge is 0.275 e. The van der Waals surface area contributed by atoms with Crippen molar-refractivity contribution in [3.63, 3.8) is 0 Å². The summed E-state index contributed by atoms with van der Waals surface area (Å²) >= 11 is 5.75. The monoisotopic (exact) mass is 272 g/mol. The van der Waals surface area contributed by atoms with Crippen LogP contribution in [0.1, 0.15) is 25.0 Å². The number of aliphatic hydroxyl groups excluding tert-OH is 1. The molecule has 2 N–H and O–H groups in total. The molecule has 0 heterocycles. The van der Waals surface area contributed by atoms with Gasteiger partial charge >= 0.3 is 0 Å². The summed E-state index contributed by atoms with van der Waals surface area (Å²) in [6.07, 6.45) is -0.864. The number of halogens is 1. The normalized spacial score (nSPS) is 11.9. The van der Waals surface area contributed by atoms with Crippen LogP contribution in [0.3, 0.4) is 0 Å². The summed E-state index contributed by atoms with van der Waals surface area (Å²) in [6.45, 7) is 1.59. The summed E-state index contributed by atoms with van der Waals surface area (Å²) in [7, 11) is 0. The molecule has 1 aromatic carbocycles. The number of hydrogen-bond donors (Lipinski definition) is 2. The summed E-state index contributed by atoms with van der Waals surface area (Å²) in [5.41, 5.74) is -0.0347. The largest absolute Gasteiger partial charge is 0.388 e. The van der Waals surface area contributed by atoms with Crippen molar-refractivity contribution >= 4 is 23.2 Å². The minimum Gasteiger partial charge on any atom is -0.388 e. The van der Waals surface area contributed by atoms with Gasteiger partial charge in [-0.1, -0.05) is 11.6 Å². The van der Waals surface area contributed by atoms with Gasteiger partial charge in [0.1, 0.15) is 0 Å². The zero-order chi connectivity index (χ0) is 13.7. The molecule has 0 spiro atoms. The Morgan fingerprint density at radius 1 is 1.61 bits per heavy atom. The van der Waals surface area contributed by atoms with E-state index in [2.05, 4.69) is 5.32 Å². The molecule has 0 aliphatic rings. The topological polar surface area (TPSA) is 92.5 Å². The molecular weight excluding hydrogens is 260 g/mol. The Kier molecular flexibility index (Phi) is 5.06. The number of hydrogen-bond acceptors (Lipinski definition) is 4. The van der Waals surface area contributed by atoms with E-state index in [9.17, 15) is 20.0 Å².